The van der Waals surface area contributed by atoms with Gasteiger partial charge in [0.05, 0.1) is 19.8 Å². The lowest BCUT2D eigenvalue weighted by Gasteiger charge is -2.24. The maximum Gasteiger partial charge on any atom is 0.164 e. The summed E-state index contributed by atoms with van der Waals surface area (Å²) in [6.07, 6.45) is -3.63. The molecule has 3 N–H and O–H groups in total. The minimum Gasteiger partial charge on any atom is -0.394 e. The van der Waals surface area contributed by atoms with E-state index in [0.717, 1.165) is 5.56 Å². The summed E-state index contributed by atoms with van der Waals surface area (Å²) in [7, 11) is 0. The van der Waals surface area contributed by atoms with Gasteiger partial charge in [0.1, 0.15) is 24.4 Å². The summed E-state index contributed by atoms with van der Waals surface area (Å²) in [6.45, 7) is 3.36. The monoisotopic (exact) mass is 312 g/mol. The molecule has 1 aliphatic heterocycles. The van der Waals surface area contributed by atoms with Gasteiger partial charge in [-0.1, -0.05) is 30.3 Å². The molecule has 0 aromatic heterocycles. The Labute approximate surface area is 130 Å². The minimum atomic E-state index is -1.12. The number of aliphatic hydroxyl groups excluding tert-OH is 3. The maximum atomic E-state index is 10.3. The van der Waals surface area contributed by atoms with Crippen LogP contribution < -0.4 is 0 Å². The SMILES string of the molecule is CC1(C)O[C@H]([C@H](O)CO)[C@@H]([C@H](O)COCc2ccccc2)O1. The van der Waals surface area contributed by atoms with Gasteiger partial charge in [-0.3, -0.25) is 0 Å². The second-order valence-corrected chi connectivity index (χ2v) is 5.88. The fourth-order valence-electron chi connectivity index (χ4n) is 2.48. The van der Waals surface area contributed by atoms with Crippen LogP contribution in [0.1, 0.15) is 19.4 Å². The van der Waals surface area contributed by atoms with Crippen LogP contribution in [0.3, 0.4) is 0 Å². The smallest absolute Gasteiger partial charge is 0.164 e. The molecule has 6 nitrogen and oxygen atoms in total. The molecule has 6 heteroatoms. The first-order valence-corrected chi connectivity index (χ1v) is 7.37. The van der Waals surface area contributed by atoms with E-state index in [9.17, 15) is 10.2 Å². The fraction of sp³-hybridized carbons (Fsp3) is 0.625. The van der Waals surface area contributed by atoms with Crippen LogP contribution in [0.25, 0.3) is 0 Å². The van der Waals surface area contributed by atoms with Gasteiger partial charge >= 0.3 is 0 Å². The molecule has 0 bridgehead atoms. The Morgan fingerprint density at radius 2 is 1.68 bits per heavy atom. The van der Waals surface area contributed by atoms with Crippen molar-refractivity contribution in [3.63, 3.8) is 0 Å². The molecule has 1 heterocycles. The summed E-state index contributed by atoms with van der Waals surface area (Å²) in [4.78, 5) is 0. The summed E-state index contributed by atoms with van der Waals surface area (Å²) in [5.41, 5.74) is 1.01. The van der Waals surface area contributed by atoms with E-state index in [4.69, 9.17) is 19.3 Å². The zero-order valence-electron chi connectivity index (χ0n) is 12.9. The molecule has 0 aliphatic carbocycles. The molecule has 0 saturated carbocycles. The van der Waals surface area contributed by atoms with E-state index in [2.05, 4.69) is 0 Å². The summed E-state index contributed by atoms with van der Waals surface area (Å²) in [5.74, 6) is -0.925. The van der Waals surface area contributed by atoms with Crippen molar-refractivity contribution in [2.75, 3.05) is 13.2 Å². The first kappa shape index (κ1) is 17.3. The molecule has 1 fully saturated rings. The summed E-state index contributed by atoms with van der Waals surface area (Å²) in [5, 5.41) is 29.1. The van der Waals surface area contributed by atoms with E-state index in [1.807, 2.05) is 30.3 Å². The average molecular weight is 312 g/mol. The molecule has 0 amide bonds. The zero-order valence-corrected chi connectivity index (χ0v) is 12.9. The van der Waals surface area contributed by atoms with Crippen molar-refractivity contribution < 1.29 is 29.5 Å². The first-order chi connectivity index (χ1) is 10.4. The van der Waals surface area contributed by atoms with Crippen molar-refractivity contribution in [3.8, 4) is 0 Å². The van der Waals surface area contributed by atoms with Crippen molar-refractivity contribution in [1.82, 2.24) is 0 Å². The van der Waals surface area contributed by atoms with Crippen molar-refractivity contribution in [2.45, 2.75) is 50.7 Å². The highest BCUT2D eigenvalue weighted by molar-refractivity contribution is 5.13. The van der Waals surface area contributed by atoms with Gasteiger partial charge in [-0.15, -0.1) is 0 Å². The Bertz CT molecular complexity index is 449. The second-order valence-electron chi connectivity index (χ2n) is 5.88. The Kier molecular flexibility index (Phi) is 5.91. The summed E-state index contributed by atoms with van der Waals surface area (Å²) >= 11 is 0. The van der Waals surface area contributed by atoms with Crippen LogP contribution >= 0.6 is 0 Å². The van der Waals surface area contributed by atoms with Gasteiger partial charge in [0.25, 0.3) is 0 Å². The second kappa shape index (κ2) is 7.50. The van der Waals surface area contributed by atoms with Gasteiger partial charge in [0, 0.05) is 0 Å². The Morgan fingerprint density at radius 3 is 2.27 bits per heavy atom. The van der Waals surface area contributed by atoms with Crippen LogP contribution in [0.15, 0.2) is 30.3 Å². The average Bonchev–Trinajstić information content (AvgIpc) is 2.83. The molecular formula is C16H24O6. The third-order valence-electron chi connectivity index (χ3n) is 3.51. The lowest BCUT2D eigenvalue weighted by molar-refractivity contribution is -0.164. The maximum absolute atomic E-state index is 10.3. The van der Waals surface area contributed by atoms with Crippen LogP contribution in [0, 0.1) is 0 Å². The molecule has 22 heavy (non-hydrogen) atoms. The summed E-state index contributed by atoms with van der Waals surface area (Å²) in [6, 6.07) is 9.62. The summed E-state index contributed by atoms with van der Waals surface area (Å²) < 4.78 is 16.7. The normalized spacial score (nSPS) is 26.8. The van der Waals surface area contributed by atoms with E-state index in [-0.39, 0.29) is 6.61 Å². The third-order valence-corrected chi connectivity index (χ3v) is 3.51. The van der Waals surface area contributed by atoms with Crippen LogP contribution in [-0.2, 0) is 20.8 Å². The molecule has 0 radical (unpaired) electrons. The highest BCUT2D eigenvalue weighted by Crippen LogP contribution is 2.31. The van der Waals surface area contributed by atoms with Gasteiger partial charge in [-0.25, -0.2) is 0 Å². The predicted molar refractivity (Wildman–Crippen MR) is 79.0 cm³/mol. The van der Waals surface area contributed by atoms with E-state index in [0.29, 0.717) is 6.61 Å². The third kappa shape index (κ3) is 4.49. The molecule has 4 atom stereocenters. The molecule has 0 spiro atoms. The number of hydrogen-bond acceptors (Lipinski definition) is 6. The molecule has 1 aromatic rings. The molecule has 1 aliphatic rings. The van der Waals surface area contributed by atoms with Crippen LogP contribution in [0.4, 0.5) is 0 Å². The van der Waals surface area contributed by atoms with Crippen LogP contribution in [0.5, 0.6) is 0 Å². The van der Waals surface area contributed by atoms with Gasteiger partial charge in [-0.05, 0) is 19.4 Å². The number of hydrogen-bond donors (Lipinski definition) is 3. The van der Waals surface area contributed by atoms with E-state index in [1.165, 1.54) is 0 Å². The lowest BCUT2D eigenvalue weighted by atomic mass is 10.0. The molecule has 2 rings (SSSR count). The Hall–Kier alpha value is -1.02. The predicted octanol–water partition coefficient (Wildman–Crippen LogP) is 0.437. The first-order valence-electron chi connectivity index (χ1n) is 7.37. The lowest BCUT2D eigenvalue weighted by Crippen LogP contribution is -2.45. The van der Waals surface area contributed by atoms with Gasteiger partial charge in [0.2, 0.25) is 0 Å². The molecular weight excluding hydrogens is 288 g/mol. The highest BCUT2D eigenvalue weighted by Gasteiger charge is 2.47. The van der Waals surface area contributed by atoms with Crippen molar-refractivity contribution >= 4 is 0 Å². The minimum absolute atomic E-state index is 0.0493. The van der Waals surface area contributed by atoms with E-state index >= 15 is 0 Å². The van der Waals surface area contributed by atoms with Crippen LogP contribution in [0.2, 0.25) is 0 Å². The topological polar surface area (TPSA) is 88.4 Å². The van der Waals surface area contributed by atoms with Gasteiger partial charge < -0.3 is 29.5 Å². The number of ether oxygens (including phenoxy) is 3. The van der Waals surface area contributed by atoms with Gasteiger partial charge in [0.15, 0.2) is 5.79 Å². The zero-order chi connectivity index (χ0) is 16.2. The molecule has 1 aromatic carbocycles. The number of benzene rings is 1. The molecule has 1 saturated heterocycles. The highest BCUT2D eigenvalue weighted by atomic mass is 16.8. The fourth-order valence-corrected chi connectivity index (χ4v) is 2.48. The van der Waals surface area contributed by atoms with E-state index in [1.54, 1.807) is 13.8 Å². The van der Waals surface area contributed by atoms with Gasteiger partial charge in [-0.2, -0.15) is 0 Å². The largest absolute Gasteiger partial charge is 0.394 e. The standard InChI is InChI=1S/C16H24O6/c1-16(2)21-14(12(18)8-17)15(22-16)13(19)10-20-9-11-6-4-3-5-7-11/h3-7,12-15,17-19H,8-10H2,1-2H3/t12-,13-,14-,15-/m1/s1. The quantitative estimate of drug-likeness (QED) is 0.677. The van der Waals surface area contributed by atoms with Crippen molar-refractivity contribution in [3.05, 3.63) is 35.9 Å². The number of rotatable bonds is 7. The molecule has 124 valence electrons. The Morgan fingerprint density at radius 1 is 1.09 bits per heavy atom. The molecule has 0 unspecified atom stereocenters. The Balaban J connectivity index is 1.88. The van der Waals surface area contributed by atoms with Crippen molar-refractivity contribution in [1.29, 1.82) is 0 Å². The van der Waals surface area contributed by atoms with E-state index < -0.39 is 36.8 Å². The van der Waals surface area contributed by atoms with Crippen molar-refractivity contribution in [2.24, 2.45) is 0 Å². The number of aliphatic hydroxyl groups is 3. The van der Waals surface area contributed by atoms with Crippen LogP contribution in [-0.4, -0.2) is 58.7 Å².